The van der Waals surface area contributed by atoms with Gasteiger partial charge in [-0.25, -0.2) is 4.39 Å². The third kappa shape index (κ3) is 5.65. The zero-order chi connectivity index (χ0) is 16.0. The van der Waals surface area contributed by atoms with Crippen LogP contribution in [0.2, 0.25) is 0 Å². The Balaban J connectivity index is 2.95. The minimum Gasteiger partial charge on any atom is -0.310 e. The van der Waals surface area contributed by atoms with E-state index in [2.05, 4.69) is 19.2 Å². The molecule has 1 nitrogen and oxygen atoms in total. The van der Waals surface area contributed by atoms with Gasteiger partial charge in [-0.1, -0.05) is 33.6 Å². The number of nitrogens with one attached hydrogen (secondary N) is 1. The summed E-state index contributed by atoms with van der Waals surface area (Å²) in [6, 6.07) is 2.25. The maximum Gasteiger partial charge on any atom is 0.416 e. The summed E-state index contributed by atoms with van der Waals surface area (Å²) in [6.07, 6.45) is -1.99. The van der Waals surface area contributed by atoms with E-state index in [1.54, 1.807) is 0 Å². The van der Waals surface area contributed by atoms with Gasteiger partial charge in [0.2, 0.25) is 0 Å². The van der Waals surface area contributed by atoms with Gasteiger partial charge in [0, 0.05) is 11.6 Å². The van der Waals surface area contributed by atoms with Gasteiger partial charge in [0.1, 0.15) is 5.82 Å². The molecule has 0 aliphatic carbocycles. The Kier molecular flexibility index (Phi) is 6.65. The standard InChI is InChI=1S/C16H23F4N/c1-4-21-15(7-5-6-11(2)3)13-10-12(16(18,19)20)8-9-14(13)17/h8-11,15,21H,4-7H2,1-3H3. The normalized spacial score (nSPS) is 13.7. The maximum atomic E-state index is 13.9. The molecule has 1 atom stereocenters. The fraction of sp³-hybridized carbons (Fsp3) is 0.625. The molecule has 0 saturated heterocycles. The van der Waals surface area contributed by atoms with Crippen LogP contribution >= 0.6 is 0 Å². The number of hydrogen-bond acceptors (Lipinski definition) is 1. The summed E-state index contributed by atoms with van der Waals surface area (Å²) in [4.78, 5) is 0. The molecule has 0 bridgehead atoms. The van der Waals surface area contributed by atoms with Crippen LogP contribution < -0.4 is 5.32 Å². The average Bonchev–Trinajstić information content (AvgIpc) is 2.36. The third-order valence-corrected chi connectivity index (χ3v) is 3.42. The summed E-state index contributed by atoms with van der Waals surface area (Å²) >= 11 is 0. The molecule has 0 spiro atoms. The number of benzene rings is 1. The zero-order valence-corrected chi connectivity index (χ0v) is 12.7. The summed E-state index contributed by atoms with van der Waals surface area (Å²) in [7, 11) is 0. The lowest BCUT2D eigenvalue weighted by Gasteiger charge is -2.21. The molecule has 0 aliphatic rings. The van der Waals surface area contributed by atoms with E-state index in [1.165, 1.54) is 0 Å². The number of halogens is 4. The van der Waals surface area contributed by atoms with Gasteiger partial charge in [0.15, 0.2) is 0 Å². The van der Waals surface area contributed by atoms with E-state index in [0.29, 0.717) is 18.9 Å². The third-order valence-electron chi connectivity index (χ3n) is 3.42. The highest BCUT2D eigenvalue weighted by molar-refractivity contribution is 5.29. The van der Waals surface area contributed by atoms with Crippen molar-refractivity contribution in [3.05, 3.63) is 35.1 Å². The highest BCUT2D eigenvalue weighted by Gasteiger charge is 2.31. The summed E-state index contributed by atoms with van der Waals surface area (Å²) in [5.74, 6) is -0.0582. The lowest BCUT2D eigenvalue weighted by molar-refractivity contribution is -0.137. The first-order valence-corrected chi connectivity index (χ1v) is 7.35. The first kappa shape index (κ1) is 18.0. The zero-order valence-electron chi connectivity index (χ0n) is 12.7. The van der Waals surface area contributed by atoms with Crippen LogP contribution in [0.15, 0.2) is 18.2 Å². The van der Waals surface area contributed by atoms with E-state index >= 15 is 0 Å². The lowest BCUT2D eigenvalue weighted by atomic mass is 9.96. The molecule has 1 unspecified atom stereocenters. The fourth-order valence-electron chi connectivity index (χ4n) is 2.33. The molecule has 1 rings (SSSR count). The predicted octanol–water partition coefficient (Wildman–Crippen LogP) is 5.32. The van der Waals surface area contributed by atoms with Gasteiger partial charge in [0.25, 0.3) is 0 Å². The van der Waals surface area contributed by atoms with Crippen LogP contribution in [0.5, 0.6) is 0 Å². The van der Waals surface area contributed by atoms with Crippen molar-refractivity contribution in [1.82, 2.24) is 5.32 Å². The highest BCUT2D eigenvalue weighted by Crippen LogP contribution is 2.33. The van der Waals surface area contributed by atoms with E-state index in [-0.39, 0.29) is 11.6 Å². The summed E-state index contributed by atoms with van der Waals surface area (Å²) in [5.41, 5.74) is -0.693. The molecule has 0 fully saturated rings. The van der Waals surface area contributed by atoms with Crippen LogP contribution in [0.1, 0.15) is 57.2 Å². The van der Waals surface area contributed by atoms with Gasteiger partial charge in [-0.15, -0.1) is 0 Å². The van der Waals surface area contributed by atoms with Crippen molar-refractivity contribution in [2.45, 2.75) is 52.3 Å². The molecule has 0 saturated carbocycles. The molecule has 0 heterocycles. The molecular formula is C16H23F4N. The quantitative estimate of drug-likeness (QED) is 0.672. The molecule has 21 heavy (non-hydrogen) atoms. The summed E-state index contributed by atoms with van der Waals surface area (Å²) in [6.45, 7) is 6.63. The largest absolute Gasteiger partial charge is 0.416 e. The lowest BCUT2D eigenvalue weighted by Crippen LogP contribution is -2.22. The van der Waals surface area contributed by atoms with Crippen LogP contribution in [0.25, 0.3) is 0 Å². The van der Waals surface area contributed by atoms with E-state index in [0.717, 1.165) is 31.0 Å². The molecule has 5 heteroatoms. The number of hydrogen-bond donors (Lipinski definition) is 1. The minimum atomic E-state index is -4.45. The Hall–Kier alpha value is -1.10. The van der Waals surface area contributed by atoms with Crippen LogP contribution in [-0.4, -0.2) is 6.54 Å². The van der Waals surface area contributed by atoms with E-state index < -0.39 is 17.6 Å². The van der Waals surface area contributed by atoms with E-state index in [9.17, 15) is 17.6 Å². The molecule has 0 radical (unpaired) electrons. The average molecular weight is 305 g/mol. The van der Waals surface area contributed by atoms with Gasteiger partial charge in [-0.05, 0) is 37.1 Å². The van der Waals surface area contributed by atoms with Crippen LogP contribution in [0, 0.1) is 11.7 Å². The monoisotopic (exact) mass is 305 g/mol. The molecule has 0 amide bonds. The fourth-order valence-corrected chi connectivity index (χ4v) is 2.33. The smallest absolute Gasteiger partial charge is 0.310 e. The molecule has 1 aromatic carbocycles. The van der Waals surface area contributed by atoms with E-state index in [4.69, 9.17) is 0 Å². The molecule has 0 aliphatic heterocycles. The van der Waals surface area contributed by atoms with Crippen LogP contribution in [0.3, 0.4) is 0 Å². The molecule has 1 aromatic rings. The number of rotatable bonds is 7. The van der Waals surface area contributed by atoms with Crippen molar-refractivity contribution in [3.63, 3.8) is 0 Å². The molecular weight excluding hydrogens is 282 g/mol. The van der Waals surface area contributed by atoms with Crippen molar-refractivity contribution in [1.29, 1.82) is 0 Å². The van der Waals surface area contributed by atoms with Crippen molar-refractivity contribution in [2.75, 3.05) is 6.54 Å². The summed E-state index contributed by atoms with van der Waals surface area (Å²) < 4.78 is 52.2. The van der Waals surface area contributed by atoms with Gasteiger partial charge in [-0.3, -0.25) is 0 Å². The van der Waals surface area contributed by atoms with Crippen LogP contribution in [0.4, 0.5) is 17.6 Å². The Bertz CT molecular complexity index is 440. The van der Waals surface area contributed by atoms with Gasteiger partial charge in [0.05, 0.1) is 5.56 Å². The van der Waals surface area contributed by atoms with Gasteiger partial charge in [-0.2, -0.15) is 13.2 Å². The maximum absolute atomic E-state index is 13.9. The van der Waals surface area contributed by atoms with Crippen molar-refractivity contribution in [3.8, 4) is 0 Å². The van der Waals surface area contributed by atoms with Crippen molar-refractivity contribution >= 4 is 0 Å². The molecule has 120 valence electrons. The topological polar surface area (TPSA) is 12.0 Å². The Labute approximate surface area is 123 Å². The Morgan fingerprint density at radius 1 is 1.14 bits per heavy atom. The Morgan fingerprint density at radius 2 is 1.81 bits per heavy atom. The van der Waals surface area contributed by atoms with Crippen LogP contribution in [-0.2, 0) is 6.18 Å². The number of alkyl halides is 3. The second kappa shape index (κ2) is 7.78. The minimum absolute atomic E-state index is 0.107. The molecule has 0 aromatic heterocycles. The van der Waals surface area contributed by atoms with E-state index in [1.807, 2.05) is 6.92 Å². The second-order valence-corrected chi connectivity index (χ2v) is 5.67. The molecule has 1 N–H and O–H groups in total. The first-order chi connectivity index (χ1) is 9.75. The summed E-state index contributed by atoms with van der Waals surface area (Å²) in [5, 5.41) is 3.08. The predicted molar refractivity (Wildman–Crippen MR) is 76.5 cm³/mol. The van der Waals surface area contributed by atoms with Gasteiger partial charge < -0.3 is 5.32 Å². The first-order valence-electron chi connectivity index (χ1n) is 7.35. The Morgan fingerprint density at radius 3 is 2.33 bits per heavy atom. The van der Waals surface area contributed by atoms with Gasteiger partial charge >= 0.3 is 6.18 Å². The second-order valence-electron chi connectivity index (χ2n) is 5.67. The van der Waals surface area contributed by atoms with Crippen molar-refractivity contribution in [2.24, 2.45) is 5.92 Å². The van der Waals surface area contributed by atoms with Crippen molar-refractivity contribution < 1.29 is 17.6 Å². The SMILES string of the molecule is CCNC(CCCC(C)C)c1cc(C(F)(F)F)ccc1F. The highest BCUT2D eigenvalue weighted by atomic mass is 19.4.